The molecule has 7 heteroatoms. The third kappa shape index (κ3) is 3.92. The zero-order chi connectivity index (χ0) is 16.1. The normalized spacial score (nSPS) is 10.0. The minimum absolute atomic E-state index is 0.230. The molecular formula is C15H13NO5S. The number of benzene rings is 2. The summed E-state index contributed by atoms with van der Waals surface area (Å²) in [5.74, 6) is -1.31. The molecule has 0 aliphatic carbocycles. The van der Waals surface area contributed by atoms with Crippen LogP contribution in [0.2, 0.25) is 0 Å². The first-order valence-electron chi connectivity index (χ1n) is 6.19. The largest absolute Gasteiger partial charge is 0.507 e. The van der Waals surface area contributed by atoms with E-state index in [0.29, 0.717) is 5.75 Å². The molecule has 0 saturated heterocycles. The summed E-state index contributed by atoms with van der Waals surface area (Å²) in [4.78, 5) is 23.5. The molecule has 0 saturated carbocycles. The van der Waals surface area contributed by atoms with Gasteiger partial charge in [0, 0.05) is 16.6 Å². The first kappa shape index (κ1) is 15.7. The van der Waals surface area contributed by atoms with Crippen molar-refractivity contribution in [3.63, 3.8) is 0 Å². The average molecular weight is 319 g/mol. The quantitative estimate of drug-likeness (QED) is 0.747. The number of aromatic carboxylic acids is 1. The van der Waals surface area contributed by atoms with Gasteiger partial charge in [0.2, 0.25) is 0 Å². The molecule has 0 fully saturated rings. The fraction of sp³-hybridized carbons (Fsp3) is 0.0667. The van der Waals surface area contributed by atoms with Crippen molar-refractivity contribution in [1.82, 2.24) is 0 Å². The van der Waals surface area contributed by atoms with E-state index in [1.165, 1.54) is 12.1 Å². The van der Waals surface area contributed by atoms with Gasteiger partial charge in [0.25, 0.3) is 0 Å². The number of aromatic hydroxyl groups is 1. The predicted molar refractivity (Wildman–Crippen MR) is 82.9 cm³/mol. The number of carbonyl (C=O) groups is 2. The van der Waals surface area contributed by atoms with Gasteiger partial charge in [-0.15, -0.1) is 11.8 Å². The molecule has 0 bridgehead atoms. The van der Waals surface area contributed by atoms with Crippen LogP contribution in [0.1, 0.15) is 10.4 Å². The van der Waals surface area contributed by atoms with Crippen molar-refractivity contribution >= 4 is 29.5 Å². The second kappa shape index (κ2) is 6.86. The number of carboxylic acids is 1. The molecule has 0 heterocycles. The van der Waals surface area contributed by atoms with Crippen molar-refractivity contribution in [3.8, 4) is 11.5 Å². The molecule has 22 heavy (non-hydrogen) atoms. The van der Waals surface area contributed by atoms with E-state index in [9.17, 15) is 14.7 Å². The fourth-order valence-electron chi connectivity index (χ4n) is 1.68. The molecular weight excluding hydrogens is 306 g/mol. The summed E-state index contributed by atoms with van der Waals surface area (Å²) < 4.78 is 5.08. The second-order valence-electron chi connectivity index (χ2n) is 4.23. The van der Waals surface area contributed by atoms with Gasteiger partial charge in [0.15, 0.2) is 0 Å². The number of carbonyl (C=O) groups excluding carboxylic acids is 1. The van der Waals surface area contributed by atoms with Gasteiger partial charge in [-0.2, -0.15) is 0 Å². The minimum Gasteiger partial charge on any atom is -0.507 e. The molecule has 0 unspecified atom stereocenters. The molecule has 114 valence electrons. The summed E-state index contributed by atoms with van der Waals surface area (Å²) in [6.07, 6.45) is 1.20. The molecule has 3 N–H and O–H groups in total. The van der Waals surface area contributed by atoms with Crippen LogP contribution in [-0.2, 0) is 0 Å². The molecule has 0 aliphatic heterocycles. The summed E-state index contributed by atoms with van der Waals surface area (Å²) in [6, 6.07) is 10.7. The molecule has 6 nitrogen and oxygen atoms in total. The van der Waals surface area contributed by atoms with Crippen LogP contribution in [0.25, 0.3) is 0 Å². The van der Waals surface area contributed by atoms with Gasteiger partial charge in [-0.1, -0.05) is 0 Å². The highest BCUT2D eigenvalue weighted by Crippen LogP contribution is 2.23. The third-order valence-corrected chi connectivity index (χ3v) is 3.49. The maximum atomic E-state index is 11.7. The van der Waals surface area contributed by atoms with E-state index in [1.54, 1.807) is 23.9 Å². The van der Waals surface area contributed by atoms with Gasteiger partial charge in [-0.25, -0.2) is 9.59 Å². The number of carboxylic acid groups (broad SMARTS) is 1. The molecule has 2 aromatic carbocycles. The lowest BCUT2D eigenvalue weighted by Gasteiger charge is -2.08. The fourth-order valence-corrected chi connectivity index (χ4v) is 2.09. The van der Waals surface area contributed by atoms with Crippen LogP contribution in [0.15, 0.2) is 47.4 Å². The highest BCUT2D eigenvalue weighted by molar-refractivity contribution is 7.98. The van der Waals surface area contributed by atoms with Crippen LogP contribution >= 0.6 is 11.8 Å². The van der Waals surface area contributed by atoms with E-state index >= 15 is 0 Å². The summed E-state index contributed by atoms with van der Waals surface area (Å²) >= 11 is 1.57. The number of rotatable bonds is 4. The van der Waals surface area contributed by atoms with Crippen LogP contribution in [-0.4, -0.2) is 28.5 Å². The maximum Gasteiger partial charge on any atom is 0.417 e. The van der Waals surface area contributed by atoms with Crippen LogP contribution in [0.3, 0.4) is 0 Å². The third-order valence-electron chi connectivity index (χ3n) is 2.74. The molecule has 0 radical (unpaired) electrons. The number of anilines is 1. The standard InChI is InChI=1S/C15H13NO5S/c1-22-11-5-3-10(4-6-11)21-15(20)16-9-2-7-12(14(18)19)13(17)8-9/h2-8,17H,1H3,(H,16,20)(H,18,19). The molecule has 0 aliphatic rings. The number of nitrogens with one attached hydrogen (secondary N) is 1. The van der Waals surface area contributed by atoms with Gasteiger partial charge < -0.3 is 14.9 Å². The lowest BCUT2D eigenvalue weighted by atomic mass is 10.2. The number of ether oxygens (including phenoxy) is 1. The van der Waals surface area contributed by atoms with Crippen LogP contribution in [0.4, 0.5) is 10.5 Å². The van der Waals surface area contributed by atoms with E-state index in [1.807, 2.05) is 18.4 Å². The van der Waals surface area contributed by atoms with Crippen LogP contribution < -0.4 is 10.1 Å². The smallest absolute Gasteiger partial charge is 0.417 e. The van der Waals surface area contributed by atoms with E-state index in [0.717, 1.165) is 11.0 Å². The Morgan fingerprint density at radius 3 is 2.36 bits per heavy atom. The van der Waals surface area contributed by atoms with Crippen molar-refractivity contribution in [1.29, 1.82) is 0 Å². The Morgan fingerprint density at radius 2 is 1.82 bits per heavy atom. The molecule has 0 atom stereocenters. The summed E-state index contributed by atoms with van der Waals surface area (Å²) in [5, 5.41) is 20.8. The Hall–Kier alpha value is -2.67. The van der Waals surface area contributed by atoms with Crippen LogP contribution in [0, 0.1) is 0 Å². The summed E-state index contributed by atoms with van der Waals surface area (Å²) in [6.45, 7) is 0. The SMILES string of the molecule is CSc1ccc(OC(=O)Nc2ccc(C(=O)O)c(O)c2)cc1. The number of thioether (sulfide) groups is 1. The van der Waals surface area contributed by atoms with E-state index in [4.69, 9.17) is 9.84 Å². The second-order valence-corrected chi connectivity index (χ2v) is 5.11. The Kier molecular flexibility index (Phi) is 4.90. The van der Waals surface area contributed by atoms with E-state index in [-0.39, 0.29) is 11.3 Å². The monoisotopic (exact) mass is 319 g/mol. The average Bonchev–Trinajstić information content (AvgIpc) is 2.47. The highest BCUT2D eigenvalue weighted by Gasteiger charge is 2.11. The molecule has 0 aromatic heterocycles. The Balaban J connectivity index is 2.02. The van der Waals surface area contributed by atoms with Gasteiger partial charge in [0.05, 0.1) is 0 Å². The first-order chi connectivity index (χ1) is 10.5. The van der Waals surface area contributed by atoms with Crippen molar-refractivity contribution in [2.24, 2.45) is 0 Å². The summed E-state index contributed by atoms with van der Waals surface area (Å²) in [5.41, 5.74) is -0.0141. The first-order valence-corrected chi connectivity index (χ1v) is 7.41. The number of hydrogen-bond acceptors (Lipinski definition) is 5. The highest BCUT2D eigenvalue weighted by atomic mass is 32.2. The molecule has 0 spiro atoms. The molecule has 1 amide bonds. The van der Waals surface area contributed by atoms with E-state index in [2.05, 4.69) is 5.32 Å². The zero-order valence-corrected chi connectivity index (χ0v) is 12.4. The Bertz CT molecular complexity index is 700. The van der Waals surface area contributed by atoms with Crippen molar-refractivity contribution in [3.05, 3.63) is 48.0 Å². The zero-order valence-electron chi connectivity index (χ0n) is 11.6. The van der Waals surface area contributed by atoms with Crippen molar-refractivity contribution in [2.45, 2.75) is 4.90 Å². The Morgan fingerprint density at radius 1 is 1.14 bits per heavy atom. The lowest BCUT2D eigenvalue weighted by molar-refractivity contribution is 0.0693. The minimum atomic E-state index is -1.25. The van der Waals surface area contributed by atoms with Crippen LogP contribution in [0.5, 0.6) is 11.5 Å². The van der Waals surface area contributed by atoms with Gasteiger partial charge >= 0.3 is 12.1 Å². The number of amides is 1. The van der Waals surface area contributed by atoms with Crippen molar-refractivity contribution in [2.75, 3.05) is 11.6 Å². The topological polar surface area (TPSA) is 95.9 Å². The maximum absolute atomic E-state index is 11.7. The Labute approximate surface area is 130 Å². The van der Waals surface area contributed by atoms with Gasteiger partial charge in [0.1, 0.15) is 17.1 Å². The number of phenols is 1. The molecule has 2 aromatic rings. The van der Waals surface area contributed by atoms with Gasteiger partial charge in [-0.3, -0.25) is 5.32 Å². The summed E-state index contributed by atoms with van der Waals surface area (Å²) in [7, 11) is 0. The lowest BCUT2D eigenvalue weighted by Crippen LogP contribution is -2.16. The van der Waals surface area contributed by atoms with Gasteiger partial charge in [-0.05, 0) is 42.7 Å². The molecule has 2 rings (SSSR count). The van der Waals surface area contributed by atoms with E-state index < -0.39 is 17.8 Å². The number of hydrogen-bond donors (Lipinski definition) is 3. The van der Waals surface area contributed by atoms with Crippen molar-refractivity contribution < 1.29 is 24.5 Å². The predicted octanol–water partition coefficient (Wildman–Crippen LogP) is 3.42.